The maximum atomic E-state index is 12.7. The molecule has 1 N–H and O–H groups in total. The van der Waals surface area contributed by atoms with Gasteiger partial charge in [-0.3, -0.25) is 19.9 Å². The Balaban J connectivity index is 1.49. The summed E-state index contributed by atoms with van der Waals surface area (Å²) < 4.78 is 10.9. The zero-order valence-electron chi connectivity index (χ0n) is 15.2. The minimum atomic E-state index is -0.550. The third-order valence-corrected chi connectivity index (χ3v) is 5.53. The number of benzene rings is 1. The molecular formula is C19H23N3O5. The number of cyclic esters (lactones) is 1. The molecule has 27 heavy (non-hydrogen) atoms. The molecular weight excluding hydrogens is 350 g/mol. The van der Waals surface area contributed by atoms with E-state index in [2.05, 4.69) is 12.3 Å². The Labute approximate surface area is 157 Å². The minimum Gasteiger partial charge on any atom is -0.449 e. The number of hydrazine groups is 1. The molecule has 1 spiro atoms. The predicted molar refractivity (Wildman–Crippen MR) is 95.0 cm³/mol. The fourth-order valence-electron chi connectivity index (χ4n) is 4.09. The van der Waals surface area contributed by atoms with Crippen molar-refractivity contribution in [2.45, 2.75) is 43.9 Å². The van der Waals surface area contributed by atoms with Crippen LogP contribution in [0.3, 0.4) is 0 Å². The summed E-state index contributed by atoms with van der Waals surface area (Å²) in [5.41, 5.74) is 2.96. The van der Waals surface area contributed by atoms with Crippen LogP contribution in [-0.4, -0.2) is 65.8 Å². The maximum Gasteiger partial charge on any atom is 0.411 e. The van der Waals surface area contributed by atoms with Gasteiger partial charge in [-0.05, 0) is 12.5 Å². The SMILES string of the molecule is CCCCOC[C@@H]1N(NC(=O)c2ccccc2C=O)[C@]12C1CCOC(=O)N12. The molecule has 3 aliphatic rings. The van der Waals surface area contributed by atoms with Gasteiger partial charge in [0.15, 0.2) is 11.9 Å². The third kappa shape index (κ3) is 2.80. The van der Waals surface area contributed by atoms with Crippen LogP contribution in [0.2, 0.25) is 0 Å². The van der Waals surface area contributed by atoms with Gasteiger partial charge in [-0.2, -0.15) is 5.01 Å². The molecule has 144 valence electrons. The second-order valence-corrected chi connectivity index (χ2v) is 7.03. The lowest BCUT2D eigenvalue weighted by molar-refractivity contribution is 0.0837. The first-order valence-corrected chi connectivity index (χ1v) is 9.34. The number of amides is 2. The highest BCUT2D eigenvalue weighted by atomic mass is 16.6. The Kier molecular flexibility index (Phi) is 4.61. The molecule has 8 heteroatoms. The van der Waals surface area contributed by atoms with Crippen molar-refractivity contribution in [1.29, 1.82) is 0 Å². The van der Waals surface area contributed by atoms with Gasteiger partial charge in [0.05, 0.1) is 30.9 Å². The number of nitrogens with zero attached hydrogens (tertiary/aromatic N) is 2. The van der Waals surface area contributed by atoms with E-state index in [9.17, 15) is 14.4 Å². The topological polar surface area (TPSA) is 87.7 Å². The van der Waals surface area contributed by atoms with Crippen molar-refractivity contribution < 1.29 is 23.9 Å². The van der Waals surface area contributed by atoms with Crippen molar-refractivity contribution in [3.8, 4) is 0 Å². The van der Waals surface area contributed by atoms with Crippen LogP contribution in [0.1, 0.15) is 46.9 Å². The molecule has 1 aromatic rings. The number of carbonyl (C=O) groups excluding carboxylic acids is 3. The second-order valence-electron chi connectivity index (χ2n) is 7.03. The monoisotopic (exact) mass is 373 g/mol. The summed E-state index contributed by atoms with van der Waals surface area (Å²) in [4.78, 5) is 37.7. The van der Waals surface area contributed by atoms with Crippen molar-refractivity contribution in [2.24, 2.45) is 0 Å². The molecule has 0 radical (unpaired) electrons. The molecule has 0 bridgehead atoms. The normalized spacial score (nSPS) is 30.5. The quantitative estimate of drug-likeness (QED) is 0.423. The van der Waals surface area contributed by atoms with Gasteiger partial charge in [-0.1, -0.05) is 31.5 Å². The van der Waals surface area contributed by atoms with Crippen molar-refractivity contribution in [1.82, 2.24) is 15.3 Å². The van der Waals surface area contributed by atoms with Crippen LogP contribution in [-0.2, 0) is 9.47 Å². The molecule has 0 saturated carbocycles. The largest absolute Gasteiger partial charge is 0.449 e. The lowest BCUT2D eigenvalue weighted by Gasteiger charge is -2.10. The van der Waals surface area contributed by atoms with E-state index in [-0.39, 0.29) is 24.1 Å². The molecule has 3 heterocycles. The number of unbranched alkanes of at least 4 members (excludes halogenated alkanes) is 1. The number of nitrogens with one attached hydrogen (secondary N) is 1. The van der Waals surface area contributed by atoms with E-state index in [0.717, 1.165) is 19.3 Å². The second kappa shape index (κ2) is 6.94. The van der Waals surface area contributed by atoms with Crippen molar-refractivity contribution in [2.75, 3.05) is 19.8 Å². The van der Waals surface area contributed by atoms with Crippen LogP contribution in [0.25, 0.3) is 0 Å². The first-order valence-electron chi connectivity index (χ1n) is 9.34. The lowest BCUT2D eigenvalue weighted by atomic mass is 10.1. The van der Waals surface area contributed by atoms with Crippen LogP contribution in [0.4, 0.5) is 4.79 Å². The van der Waals surface area contributed by atoms with Crippen molar-refractivity contribution in [3.05, 3.63) is 35.4 Å². The Morgan fingerprint density at radius 3 is 3.00 bits per heavy atom. The van der Waals surface area contributed by atoms with E-state index in [4.69, 9.17) is 9.47 Å². The van der Waals surface area contributed by atoms with Gasteiger partial charge >= 0.3 is 6.09 Å². The average Bonchev–Trinajstić information content (AvgIpc) is 3.54. The first kappa shape index (κ1) is 17.9. The van der Waals surface area contributed by atoms with Gasteiger partial charge in [0.1, 0.15) is 0 Å². The summed E-state index contributed by atoms with van der Waals surface area (Å²) in [6.45, 7) is 3.56. The van der Waals surface area contributed by atoms with Gasteiger partial charge in [-0.25, -0.2) is 4.79 Å². The van der Waals surface area contributed by atoms with Gasteiger partial charge in [0.2, 0.25) is 0 Å². The molecule has 3 fully saturated rings. The first-order chi connectivity index (χ1) is 13.2. The third-order valence-electron chi connectivity index (χ3n) is 5.53. The molecule has 3 aliphatic heterocycles. The van der Waals surface area contributed by atoms with E-state index >= 15 is 0 Å². The molecule has 2 amide bonds. The maximum absolute atomic E-state index is 12.7. The molecule has 4 atom stereocenters. The molecule has 0 aromatic heterocycles. The zero-order chi connectivity index (χ0) is 19.0. The highest BCUT2D eigenvalue weighted by molar-refractivity contribution is 6.01. The number of carbonyl (C=O) groups is 3. The Morgan fingerprint density at radius 1 is 1.44 bits per heavy atom. The van der Waals surface area contributed by atoms with Gasteiger partial charge < -0.3 is 9.47 Å². The zero-order valence-corrected chi connectivity index (χ0v) is 15.2. The summed E-state index contributed by atoms with van der Waals surface area (Å²) in [7, 11) is 0. The Morgan fingerprint density at radius 2 is 2.26 bits per heavy atom. The van der Waals surface area contributed by atoms with E-state index < -0.39 is 5.66 Å². The summed E-state index contributed by atoms with van der Waals surface area (Å²) in [6, 6.07) is 6.54. The number of ether oxygens (including phenoxy) is 2. The number of hydrogen-bond acceptors (Lipinski definition) is 6. The standard InChI is InChI=1S/C19H23N3O5/c1-2-3-9-26-12-16-19(15-8-10-27-18(25)21(15)19)22(16)20-17(24)14-7-5-4-6-13(14)11-23/h4-7,11,15-16H,2-3,8-10,12H2,1H3,(H,20,24)/t15?,16-,19+,21?,22?/m0/s1. The van der Waals surface area contributed by atoms with Gasteiger partial charge in [0, 0.05) is 18.6 Å². The number of fused-ring (bicyclic) bond motifs is 3. The van der Waals surface area contributed by atoms with Crippen LogP contribution >= 0.6 is 0 Å². The summed E-state index contributed by atoms with van der Waals surface area (Å²) >= 11 is 0. The molecule has 2 unspecified atom stereocenters. The smallest absolute Gasteiger partial charge is 0.411 e. The van der Waals surface area contributed by atoms with E-state index in [1.165, 1.54) is 0 Å². The summed E-state index contributed by atoms with van der Waals surface area (Å²) in [6.07, 6.45) is 3.05. The summed E-state index contributed by atoms with van der Waals surface area (Å²) in [5, 5.41) is 1.78. The number of aldehydes is 1. The van der Waals surface area contributed by atoms with Crippen LogP contribution in [0.5, 0.6) is 0 Å². The van der Waals surface area contributed by atoms with E-state index in [1.54, 1.807) is 34.2 Å². The predicted octanol–water partition coefficient (Wildman–Crippen LogP) is 1.57. The average molecular weight is 373 g/mol. The van der Waals surface area contributed by atoms with Crippen LogP contribution < -0.4 is 5.43 Å². The molecule has 1 aromatic carbocycles. The van der Waals surface area contributed by atoms with Crippen molar-refractivity contribution >= 4 is 18.3 Å². The fraction of sp³-hybridized carbons (Fsp3) is 0.526. The van der Waals surface area contributed by atoms with E-state index in [0.29, 0.717) is 37.2 Å². The number of rotatable bonds is 8. The van der Waals surface area contributed by atoms with E-state index in [1.807, 2.05) is 0 Å². The highest BCUT2D eigenvalue weighted by Gasteiger charge is 2.86. The molecule has 4 rings (SSSR count). The fourth-order valence-corrected chi connectivity index (χ4v) is 4.09. The Bertz CT molecular complexity index is 769. The summed E-state index contributed by atoms with van der Waals surface area (Å²) in [5.74, 6) is -0.369. The molecule has 8 nitrogen and oxygen atoms in total. The van der Waals surface area contributed by atoms with Gasteiger partial charge in [-0.15, -0.1) is 0 Å². The Hall–Kier alpha value is -2.45. The minimum absolute atomic E-state index is 0.0279. The van der Waals surface area contributed by atoms with Crippen LogP contribution in [0, 0.1) is 0 Å². The highest BCUT2D eigenvalue weighted by Crippen LogP contribution is 2.62. The lowest BCUT2D eigenvalue weighted by Crippen LogP contribution is -2.34. The molecule has 0 aliphatic carbocycles. The number of hydrogen-bond donors (Lipinski definition) is 1. The van der Waals surface area contributed by atoms with Crippen molar-refractivity contribution in [3.63, 3.8) is 0 Å². The van der Waals surface area contributed by atoms with Gasteiger partial charge in [0.25, 0.3) is 5.91 Å². The molecule has 3 saturated heterocycles. The van der Waals surface area contributed by atoms with Crippen LogP contribution in [0.15, 0.2) is 24.3 Å².